The summed E-state index contributed by atoms with van der Waals surface area (Å²) in [5, 5.41) is 2.57. The molecule has 3 aliphatic carbocycles. The molecule has 0 nitrogen and oxygen atoms in total. The smallest absolute Gasteiger partial charge is 0.0799 e. The summed E-state index contributed by atoms with van der Waals surface area (Å²) in [6.07, 6.45) is 1.61. The van der Waals surface area contributed by atoms with Gasteiger partial charge in [-0.05, 0) is 136 Å². The lowest BCUT2D eigenvalue weighted by atomic mass is 9.73. The van der Waals surface area contributed by atoms with Crippen LogP contribution in [0.25, 0.3) is 44.2 Å². The van der Waals surface area contributed by atoms with Crippen LogP contribution >= 0.6 is 0 Å². The van der Waals surface area contributed by atoms with E-state index in [4.69, 9.17) is 0 Å². The quantitative estimate of drug-likeness (QED) is 0.152. The molecule has 65 heavy (non-hydrogen) atoms. The third-order valence-corrected chi connectivity index (χ3v) is 13.5. The normalized spacial score (nSPS) is 13.7. The Morgan fingerprint density at radius 1 is 0.354 bits per heavy atom. The summed E-state index contributed by atoms with van der Waals surface area (Å²) in [4.78, 5) is 0. The molecule has 312 valence electrons. The first-order chi connectivity index (χ1) is 31.9. The van der Waals surface area contributed by atoms with E-state index in [1.165, 1.54) is 77.5 Å². The summed E-state index contributed by atoms with van der Waals surface area (Å²) >= 11 is 0. The van der Waals surface area contributed by atoms with Gasteiger partial charge < -0.3 is 0 Å². The molecule has 11 rings (SSSR count). The summed E-state index contributed by atoms with van der Waals surface area (Å²) in [7, 11) is 0. The third-order valence-electron chi connectivity index (χ3n) is 13.5. The fourth-order valence-corrected chi connectivity index (χ4v) is 10.3. The predicted octanol–water partition coefficient (Wildman–Crippen LogP) is 15.3. The average molecular weight is 833 g/mol. The molecule has 0 heteroatoms. The molecule has 0 bridgehead atoms. The molecular formula is C65H52. The minimum absolute atomic E-state index is 0.137. The van der Waals surface area contributed by atoms with Gasteiger partial charge in [-0.15, -0.1) is 23.7 Å². The Kier molecular flexibility index (Phi) is 11.6. The van der Waals surface area contributed by atoms with E-state index in [0.717, 1.165) is 24.0 Å². The Labute approximate surface area is 386 Å². The van der Waals surface area contributed by atoms with Crippen molar-refractivity contribution in [2.24, 2.45) is 0 Å². The lowest BCUT2D eigenvalue weighted by Crippen LogP contribution is -2.24. The Hall–Kier alpha value is -7.74. The number of hydrogen-bond acceptors (Lipinski definition) is 0. The number of hydrogen-bond donors (Lipinski definition) is 0. The van der Waals surface area contributed by atoms with Gasteiger partial charge in [0.05, 0.1) is 10.8 Å². The summed E-state index contributed by atoms with van der Waals surface area (Å²) in [6.45, 7) is 12.3. The SMILES string of the molecule is CC.CC#CCC1(CC#CC)c2ccccc2-c2cc3ccccc3cc21.CC1(C#Cc2cccc(C#CC3(C)c4ccccc4-c4ccccc43)c2)c2ccccc2-c2ccccc21. The zero-order valence-electron chi connectivity index (χ0n) is 38.2. The second-order valence-electron chi connectivity index (χ2n) is 17.1. The van der Waals surface area contributed by atoms with Crippen LogP contribution in [0.4, 0.5) is 0 Å². The van der Waals surface area contributed by atoms with Gasteiger partial charge >= 0.3 is 0 Å². The van der Waals surface area contributed by atoms with E-state index in [1.54, 1.807) is 0 Å². The fraction of sp³-hybridized carbons (Fsp3) is 0.169. The van der Waals surface area contributed by atoms with Gasteiger partial charge in [0.15, 0.2) is 0 Å². The molecule has 0 amide bonds. The molecule has 0 saturated heterocycles. The van der Waals surface area contributed by atoms with Crippen LogP contribution in [-0.4, -0.2) is 0 Å². The molecule has 0 N–H and O–H groups in total. The van der Waals surface area contributed by atoms with Gasteiger partial charge in [-0.1, -0.05) is 189 Å². The lowest BCUT2D eigenvalue weighted by Gasteiger charge is -2.28. The molecule has 0 atom stereocenters. The molecule has 0 aliphatic heterocycles. The number of benzene rings is 8. The highest BCUT2D eigenvalue weighted by Gasteiger charge is 2.43. The monoisotopic (exact) mass is 832 g/mol. The maximum Gasteiger partial charge on any atom is 0.0799 e. The van der Waals surface area contributed by atoms with E-state index < -0.39 is 0 Å². The zero-order valence-corrected chi connectivity index (χ0v) is 38.2. The Morgan fingerprint density at radius 2 is 0.708 bits per heavy atom. The van der Waals surface area contributed by atoms with Crippen LogP contribution in [0, 0.1) is 47.4 Å². The second kappa shape index (κ2) is 17.8. The van der Waals surface area contributed by atoms with Gasteiger partial charge in [-0.25, -0.2) is 0 Å². The highest BCUT2D eigenvalue weighted by atomic mass is 14.4. The van der Waals surface area contributed by atoms with Gasteiger partial charge in [0.25, 0.3) is 0 Å². The molecule has 0 spiro atoms. The van der Waals surface area contributed by atoms with E-state index in [0.29, 0.717) is 0 Å². The van der Waals surface area contributed by atoms with E-state index in [1.807, 2.05) is 27.7 Å². The van der Waals surface area contributed by atoms with Crippen LogP contribution in [-0.2, 0) is 16.2 Å². The van der Waals surface area contributed by atoms with Crippen LogP contribution < -0.4 is 0 Å². The predicted molar refractivity (Wildman–Crippen MR) is 275 cm³/mol. The molecule has 0 aromatic heterocycles. The molecule has 8 aromatic rings. The molecule has 0 radical (unpaired) electrons. The maximum atomic E-state index is 3.65. The van der Waals surface area contributed by atoms with Crippen LogP contribution in [0.3, 0.4) is 0 Å². The van der Waals surface area contributed by atoms with Crippen LogP contribution in [0.1, 0.15) is 98.9 Å². The molecule has 0 heterocycles. The van der Waals surface area contributed by atoms with Crippen molar-refractivity contribution in [3.63, 3.8) is 0 Å². The lowest BCUT2D eigenvalue weighted by molar-refractivity contribution is 0.560. The molecule has 0 fully saturated rings. The number of fused-ring (bicyclic) bond motifs is 10. The first kappa shape index (κ1) is 42.6. The van der Waals surface area contributed by atoms with Gasteiger partial charge in [0, 0.05) is 29.4 Å². The summed E-state index contributed by atoms with van der Waals surface area (Å²) in [5.74, 6) is 27.2. The Balaban J connectivity index is 0.000000171. The average Bonchev–Trinajstić information content (AvgIpc) is 3.90. The van der Waals surface area contributed by atoms with Crippen LogP contribution in [0.5, 0.6) is 0 Å². The first-order valence-corrected chi connectivity index (χ1v) is 22.9. The molecule has 3 aliphatic rings. The molecular weight excluding hydrogens is 781 g/mol. The molecule has 0 unspecified atom stereocenters. The Bertz CT molecular complexity index is 3130. The van der Waals surface area contributed by atoms with Gasteiger partial charge in [0.2, 0.25) is 0 Å². The number of rotatable bonds is 2. The van der Waals surface area contributed by atoms with E-state index >= 15 is 0 Å². The third kappa shape index (κ3) is 7.34. The summed E-state index contributed by atoms with van der Waals surface area (Å²) < 4.78 is 0. The van der Waals surface area contributed by atoms with Crippen molar-refractivity contribution in [3.05, 3.63) is 226 Å². The van der Waals surface area contributed by atoms with Crippen LogP contribution in [0.15, 0.2) is 182 Å². The summed E-state index contributed by atoms with van der Waals surface area (Å²) in [5.41, 5.74) is 16.8. The van der Waals surface area contributed by atoms with E-state index in [-0.39, 0.29) is 16.2 Å². The van der Waals surface area contributed by atoms with Crippen molar-refractivity contribution >= 4 is 10.8 Å². The minimum atomic E-state index is -0.348. The van der Waals surface area contributed by atoms with Gasteiger partial charge in [-0.2, -0.15) is 0 Å². The fourth-order valence-electron chi connectivity index (χ4n) is 10.3. The van der Waals surface area contributed by atoms with E-state index in [2.05, 4.69) is 243 Å². The zero-order chi connectivity index (χ0) is 45.0. The van der Waals surface area contributed by atoms with Gasteiger partial charge in [0.1, 0.15) is 0 Å². The summed E-state index contributed by atoms with van der Waals surface area (Å²) in [6, 6.07) is 65.0. The highest BCUT2D eigenvalue weighted by Crippen LogP contribution is 2.54. The van der Waals surface area contributed by atoms with Crippen molar-refractivity contribution in [2.75, 3.05) is 0 Å². The van der Waals surface area contributed by atoms with Crippen molar-refractivity contribution in [3.8, 4) is 80.7 Å². The van der Waals surface area contributed by atoms with Crippen molar-refractivity contribution in [2.45, 2.75) is 70.6 Å². The topological polar surface area (TPSA) is 0 Å². The molecule has 0 saturated carbocycles. The standard InChI is InChI=1S/C38H26.C25H20.C2H6/c1-37(33-18-7-3-14-29(33)30-15-4-8-19-34(30)37)24-22-27-12-11-13-28(26-27)23-25-38(2)35-20-9-5-16-31(35)32-17-6-10-21-36(32)38;1-3-5-15-25(16-6-4-2)23-14-10-9-13-21(23)22-17-19-11-7-8-12-20(19)18-24(22)25;1-2/h3-21,26H,1-2H3;7-14,17-18H,15-16H2,1-2H3;1-2H3. The van der Waals surface area contributed by atoms with Crippen molar-refractivity contribution in [1.82, 2.24) is 0 Å². The van der Waals surface area contributed by atoms with Gasteiger partial charge in [-0.3, -0.25) is 0 Å². The Morgan fingerprint density at radius 3 is 1.12 bits per heavy atom. The van der Waals surface area contributed by atoms with Crippen LogP contribution in [0.2, 0.25) is 0 Å². The van der Waals surface area contributed by atoms with E-state index in [9.17, 15) is 0 Å². The van der Waals surface area contributed by atoms with Crippen molar-refractivity contribution < 1.29 is 0 Å². The second-order valence-corrected chi connectivity index (χ2v) is 17.1. The highest BCUT2D eigenvalue weighted by molar-refractivity contribution is 5.94. The first-order valence-electron chi connectivity index (χ1n) is 22.9. The minimum Gasteiger partial charge on any atom is -0.107 e. The van der Waals surface area contributed by atoms with Crippen molar-refractivity contribution in [1.29, 1.82) is 0 Å². The molecule has 8 aromatic carbocycles. The largest absolute Gasteiger partial charge is 0.107 e. The maximum absolute atomic E-state index is 3.65.